The van der Waals surface area contributed by atoms with Gasteiger partial charge in [-0.15, -0.1) is 0 Å². The molecule has 0 spiro atoms. The lowest BCUT2D eigenvalue weighted by Crippen LogP contribution is -2.20. The molecule has 0 aliphatic rings. The first kappa shape index (κ1) is 17.6. The number of hydrogen-bond acceptors (Lipinski definition) is 3. The third-order valence-electron chi connectivity index (χ3n) is 2.77. The summed E-state index contributed by atoms with van der Waals surface area (Å²) in [6.07, 6.45) is -4.48. The second-order valence-electron chi connectivity index (χ2n) is 4.61. The summed E-state index contributed by atoms with van der Waals surface area (Å²) in [6, 6.07) is 13.3. The molecule has 2 rings (SSSR count). The molecule has 122 valence electrons. The van der Waals surface area contributed by atoms with E-state index in [9.17, 15) is 18.0 Å². The molecule has 0 aliphatic heterocycles. The van der Waals surface area contributed by atoms with Gasteiger partial charge in [0, 0.05) is 3.57 Å². The van der Waals surface area contributed by atoms with Gasteiger partial charge in [-0.3, -0.25) is 0 Å². The summed E-state index contributed by atoms with van der Waals surface area (Å²) in [6.45, 7) is -1.43. The Morgan fingerprint density at radius 2 is 1.78 bits per heavy atom. The van der Waals surface area contributed by atoms with E-state index >= 15 is 0 Å². The normalized spacial score (nSPS) is 11.1. The highest BCUT2D eigenvalue weighted by Crippen LogP contribution is 2.25. The zero-order chi connectivity index (χ0) is 16.9. The van der Waals surface area contributed by atoms with Gasteiger partial charge in [0.15, 0.2) is 6.61 Å². The number of carbonyl (C=O) groups excluding carboxylic acids is 1. The lowest BCUT2D eigenvalue weighted by molar-refractivity contribution is -0.153. The van der Waals surface area contributed by atoms with Crippen molar-refractivity contribution in [1.82, 2.24) is 0 Å². The second-order valence-corrected chi connectivity index (χ2v) is 5.85. The first-order chi connectivity index (χ1) is 10.8. The highest BCUT2D eigenvalue weighted by Gasteiger charge is 2.29. The molecule has 0 heterocycles. The van der Waals surface area contributed by atoms with Crippen molar-refractivity contribution < 1.29 is 27.4 Å². The lowest BCUT2D eigenvalue weighted by atomic mass is 10.2. The number of ether oxygens (including phenoxy) is 2. The van der Waals surface area contributed by atoms with Gasteiger partial charge in [0.2, 0.25) is 0 Å². The van der Waals surface area contributed by atoms with Crippen LogP contribution in [0.2, 0.25) is 0 Å². The number of alkyl halides is 3. The largest absolute Gasteiger partial charge is 0.483 e. The molecule has 0 N–H and O–H groups in total. The summed E-state index contributed by atoms with van der Waals surface area (Å²) < 4.78 is 47.4. The van der Waals surface area contributed by atoms with Crippen molar-refractivity contribution in [2.45, 2.75) is 12.8 Å². The minimum Gasteiger partial charge on any atom is -0.483 e. The molecule has 0 radical (unpaired) electrons. The van der Waals surface area contributed by atoms with Gasteiger partial charge in [-0.1, -0.05) is 30.3 Å². The van der Waals surface area contributed by atoms with E-state index in [-0.39, 0.29) is 17.9 Å². The zero-order valence-electron chi connectivity index (χ0n) is 11.8. The van der Waals surface area contributed by atoms with E-state index in [1.54, 1.807) is 30.3 Å². The summed E-state index contributed by atoms with van der Waals surface area (Å²) >= 11 is 1.92. The van der Waals surface area contributed by atoms with E-state index in [0.717, 1.165) is 5.56 Å². The molecule has 0 bridgehead atoms. The van der Waals surface area contributed by atoms with Crippen LogP contribution in [-0.2, 0) is 11.3 Å². The van der Waals surface area contributed by atoms with Gasteiger partial charge in [-0.05, 0) is 46.4 Å². The fraction of sp³-hybridized carbons (Fsp3) is 0.188. The van der Waals surface area contributed by atoms with Crippen molar-refractivity contribution in [1.29, 1.82) is 0 Å². The van der Waals surface area contributed by atoms with Crippen LogP contribution in [0.3, 0.4) is 0 Å². The summed E-state index contributed by atoms with van der Waals surface area (Å²) in [7, 11) is 0. The average molecular weight is 436 g/mol. The maximum absolute atomic E-state index is 12.3. The fourth-order valence-corrected chi connectivity index (χ4v) is 2.21. The van der Waals surface area contributed by atoms with E-state index in [4.69, 9.17) is 9.47 Å². The van der Waals surface area contributed by atoms with Gasteiger partial charge in [-0.25, -0.2) is 4.79 Å². The topological polar surface area (TPSA) is 35.5 Å². The van der Waals surface area contributed by atoms with Crippen LogP contribution >= 0.6 is 22.6 Å². The van der Waals surface area contributed by atoms with E-state index in [0.29, 0.717) is 3.57 Å². The molecular formula is C16H12F3IO3. The summed E-state index contributed by atoms with van der Waals surface area (Å²) in [5.74, 6) is -0.880. The molecule has 0 aromatic heterocycles. The molecule has 2 aromatic carbocycles. The van der Waals surface area contributed by atoms with Crippen LogP contribution in [0.15, 0.2) is 48.5 Å². The zero-order valence-corrected chi connectivity index (χ0v) is 13.9. The number of rotatable bonds is 5. The minimum atomic E-state index is -4.48. The van der Waals surface area contributed by atoms with E-state index in [1.807, 2.05) is 28.7 Å². The van der Waals surface area contributed by atoms with Crippen molar-refractivity contribution >= 4 is 28.6 Å². The van der Waals surface area contributed by atoms with Crippen LogP contribution in [0.5, 0.6) is 5.75 Å². The molecule has 7 heteroatoms. The predicted octanol–water partition coefficient (Wildman–Crippen LogP) is 4.59. The smallest absolute Gasteiger partial charge is 0.422 e. The van der Waals surface area contributed by atoms with Gasteiger partial charge < -0.3 is 9.47 Å². The molecule has 0 aliphatic carbocycles. The molecule has 3 nitrogen and oxygen atoms in total. The molecule has 0 amide bonds. The number of hydrogen-bond donors (Lipinski definition) is 0. The predicted molar refractivity (Wildman–Crippen MR) is 86.3 cm³/mol. The Morgan fingerprint density at radius 3 is 2.43 bits per heavy atom. The van der Waals surface area contributed by atoms with Crippen LogP contribution in [0.4, 0.5) is 13.2 Å². The number of carbonyl (C=O) groups is 1. The van der Waals surface area contributed by atoms with Gasteiger partial charge >= 0.3 is 12.1 Å². The second kappa shape index (κ2) is 7.67. The molecule has 0 atom stereocenters. The van der Waals surface area contributed by atoms with Crippen molar-refractivity contribution in [2.24, 2.45) is 0 Å². The highest BCUT2D eigenvalue weighted by molar-refractivity contribution is 14.1. The maximum atomic E-state index is 12.3. The first-order valence-electron chi connectivity index (χ1n) is 6.55. The van der Waals surface area contributed by atoms with Crippen LogP contribution in [0, 0.1) is 3.57 Å². The Kier molecular flexibility index (Phi) is 5.86. The van der Waals surface area contributed by atoms with Gasteiger partial charge in [0.1, 0.15) is 17.9 Å². The summed E-state index contributed by atoms with van der Waals surface area (Å²) in [5.41, 5.74) is 0.745. The van der Waals surface area contributed by atoms with E-state index in [2.05, 4.69) is 0 Å². The molecule has 0 saturated carbocycles. The van der Waals surface area contributed by atoms with Gasteiger partial charge in [-0.2, -0.15) is 13.2 Å². The molecule has 0 saturated heterocycles. The molecule has 0 fully saturated rings. The quantitative estimate of drug-likeness (QED) is 0.508. The lowest BCUT2D eigenvalue weighted by Gasteiger charge is -2.13. The fourth-order valence-electron chi connectivity index (χ4n) is 1.74. The SMILES string of the molecule is O=C(OCc1ccccc1)c1ccc(I)cc1OCC(F)(F)F. The summed E-state index contributed by atoms with van der Waals surface area (Å²) in [4.78, 5) is 12.1. The monoisotopic (exact) mass is 436 g/mol. The van der Waals surface area contributed by atoms with Crippen LogP contribution in [-0.4, -0.2) is 18.8 Å². The van der Waals surface area contributed by atoms with Crippen molar-refractivity contribution in [3.63, 3.8) is 0 Å². The highest BCUT2D eigenvalue weighted by atomic mass is 127. The number of halogens is 4. The first-order valence-corrected chi connectivity index (χ1v) is 7.63. The summed E-state index contributed by atoms with van der Waals surface area (Å²) in [5, 5.41) is 0. The van der Waals surface area contributed by atoms with Crippen molar-refractivity contribution in [2.75, 3.05) is 6.61 Å². The number of esters is 1. The van der Waals surface area contributed by atoms with Crippen molar-refractivity contribution in [3.8, 4) is 5.75 Å². The Bertz CT molecular complexity index is 672. The van der Waals surface area contributed by atoms with Crippen LogP contribution in [0.25, 0.3) is 0 Å². The number of benzene rings is 2. The third-order valence-corrected chi connectivity index (χ3v) is 3.44. The minimum absolute atomic E-state index is 0.0321. The molecule has 2 aromatic rings. The Hall–Kier alpha value is -1.77. The standard InChI is InChI=1S/C16H12F3IO3/c17-16(18,19)10-23-14-8-12(20)6-7-13(14)15(21)22-9-11-4-2-1-3-5-11/h1-8H,9-10H2. The Labute approximate surface area is 144 Å². The molecular weight excluding hydrogens is 424 g/mol. The van der Waals surface area contributed by atoms with Gasteiger partial charge in [0.05, 0.1) is 0 Å². The van der Waals surface area contributed by atoms with E-state index in [1.165, 1.54) is 12.1 Å². The average Bonchev–Trinajstić information content (AvgIpc) is 2.51. The van der Waals surface area contributed by atoms with Gasteiger partial charge in [0.25, 0.3) is 0 Å². The Morgan fingerprint density at radius 1 is 1.09 bits per heavy atom. The van der Waals surface area contributed by atoms with E-state index < -0.39 is 18.8 Å². The van der Waals surface area contributed by atoms with Crippen LogP contribution < -0.4 is 4.74 Å². The maximum Gasteiger partial charge on any atom is 0.422 e. The van der Waals surface area contributed by atoms with Crippen molar-refractivity contribution in [3.05, 3.63) is 63.2 Å². The van der Waals surface area contributed by atoms with Crippen LogP contribution in [0.1, 0.15) is 15.9 Å². The molecule has 23 heavy (non-hydrogen) atoms. The third kappa shape index (κ3) is 5.74. The molecule has 0 unspecified atom stereocenters. The Balaban J connectivity index is 2.09.